The summed E-state index contributed by atoms with van der Waals surface area (Å²) in [6.45, 7) is 0.532. The molecule has 0 unspecified atom stereocenters. The minimum atomic E-state index is -0.470. The summed E-state index contributed by atoms with van der Waals surface area (Å²) in [6, 6.07) is 4.29. The molecule has 1 aliphatic rings. The number of hydrogen-bond donors (Lipinski definition) is 1. The molecule has 1 aromatic carbocycles. The molecule has 0 saturated heterocycles. The SMILES string of the molecule is COC(=O)COc1c(Cl)cc(CNC2CC2)cc1OC. The minimum absolute atomic E-state index is 0.202. The molecule has 0 aromatic heterocycles. The zero-order valence-corrected chi connectivity index (χ0v) is 12.3. The summed E-state index contributed by atoms with van der Waals surface area (Å²) in [4.78, 5) is 11.1. The van der Waals surface area contributed by atoms with Crippen LogP contribution >= 0.6 is 11.6 Å². The lowest BCUT2D eigenvalue weighted by Gasteiger charge is -2.14. The molecule has 0 amide bonds. The molecule has 1 N–H and O–H groups in total. The molecular weight excluding hydrogens is 282 g/mol. The van der Waals surface area contributed by atoms with Crippen LogP contribution in [0.1, 0.15) is 18.4 Å². The second-order valence-corrected chi connectivity index (χ2v) is 5.04. The molecule has 5 nitrogen and oxygen atoms in total. The van der Waals surface area contributed by atoms with Gasteiger partial charge in [-0.1, -0.05) is 11.6 Å². The maximum absolute atomic E-state index is 11.1. The van der Waals surface area contributed by atoms with Crippen molar-refractivity contribution in [1.82, 2.24) is 5.32 Å². The van der Waals surface area contributed by atoms with Crippen molar-refractivity contribution in [2.45, 2.75) is 25.4 Å². The van der Waals surface area contributed by atoms with Crippen molar-refractivity contribution in [3.05, 3.63) is 22.7 Å². The summed E-state index contributed by atoms with van der Waals surface area (Å²) >= 11 is 6.19. The normalized spacial score (nSPS) is 13.9. The van der Waals surface area contributed by atoms with Crippen LogP contribution < -0.4 is 14.8 Å². The average molecular weight is 300 g/mol. The summed E-state index contributed by atoms with van der Waals surface area (Å²) in [7, 11) is 2.84. The van der Waals surface area contributed by atoms with E-state index in [0.29, 0.717) is 22.6 Å². The molecule has 110 valence electrons. The standard InChI is InChI=1S/C14H18ClNO4/c1-18-12-6-9(7-16-10-3-4-10)5-11(15)14(12)20-8-13(17)19-2/h5-6,10,16H,3-4,7-8H2,1-2H3. The number of rotatable bonds is 7. The number of halogens is 1. The maximum Gasteiger partial charge on any atom is 0.343 e. The van der Waals surface area contributed by atoms with E-state index in [4.69, 9.17) is 21.1 Å². The van der Waals surface area contributed by atoms with Crippen molar-refractivity contribution < 1.29 is 19.0 Å². The molecule has 0 spiro atoms. The first-order valence-electron chi connectivity index (χ1n) is 6.43. The number of esters is 1. The van der Waals surface area contributed by atoms with Crippen LogP contribution in [-0.4, -0.2) is 32.8 Å². The van der Waals surface area contributed by atoms with Crippen LogP contribution in [0.15, 0.2) is 12.1 Å². The van der Waals surface area contributed by atoms with Gasteiger partial charge in [0, 0.05) is 12.6 Å². The van der Waals surface area contributed by atoms with Crippen molar-refractivity contribution in [2.24, 2.45) is 0 Å². The van der Waals surface area contributed by atoms with Gasteiger partial charge < -0.3 is 19.5 Å². The predicted octanol–water partition coefficient (Wildman–Crippen LogP) is 2.15. The van der Waals surface area contributed by atoms with E-state index < -0.39 is 5.97 Å². The molecule has 0 bridgehead atoms. The molecule has 6 heteroatoms. The van der Waals surface area contributed by atoms with Crippen molar-refractivity contribution in [1.29, 1.82) is 0 Å². The summed E-state index contributed by atoms with van der Waals surface area (Å²) < 4.78 is 15.1. The maximum atomic E-state index is 11.1. The van der Waals surface area contributed by atoms with E-state index in [0.717, 1.165) is 12.1 Å². The van der Waals surface area contributed by atoms with Gasteiger partial charge in [-0.15, -0.1) is 0 Å². The quantitative estimate of drug-likeness (QED) is 0.782. The van der Waals surface area contributed by atoms with E-state index in [9.17, 15) is 4.79 Å². The second kappa shape index (κ2) is 6.81. The number of nitrogens with one attached hydrogen (secondary N) is 1. The highest BCUT2D eigenvalue weighted by atomic mass is 35.5. The molecule has 0 aliphatic heterocycles. The van der Waals surface area contributed by atoms with Crippen molar-refractivity contribution in [3.63, 3.8) is 0 Å². The number of methoxy groups -OCH3 is 2. The number of carbonyl (C=O) groups is 1. The Kier molecular flexibility index (Phi) is 5.09. The average Bonchev–Trinajstić information content (AvgIpc) is 3.27. The third-order valence-electron chi connectivity index (χ3n) is 3.02. The summed E-state index contributed by atoms with van der Waals surface area (Å²) in [5.74, 6) is 0.395. The largest absolute Gasteiger partial charge is 0.493 e. The van der Waals surface area contributed by atoms with Gasteiger partial charge in [0.25, 0.3) is 0 Å². The van der Waals surface area contributed by atoms with Crippen LogP contribution in [-0.2, 0) is 16.1 Å². The monoisotopic (exact) mass is 299 g/mol. The van der Waals surface area contributed by atoms with E-state index >= 15 is 0 Å². The highest BCUT2D eigenvalue weighted by molar-refractivity contribution is 6.32. The highest BCUT2D eigenvalue weighted by Crippen LogP contribution is 2.36. The van der Waals surface area contributed by atoms with Gasteiger partial charge in [-0.2, -0.15) is 0 Å². The van der Waals surface area contributed by atoms with Crippen LogP contribution in [0, 0.1) is 0 Å². The van der Waals surface area contributed by atoms with Crippen LogP contribution in [0.25, 0.3) is 0 Å². The Morgan fingerprint density at radius 2 is 2.15 bits per heavy atom. The second-order valence-electron chi connectivity index (χ2n) is 4.63. The van der Waals surface area contributed by atoms with E-state index in [2.05, 4.69) is 10.1 Å². The molecule has 1 aliphatic carbocycles. The van der Waals surface area contributed by atoms with Gasteiger partial charge in [0.2, 0.25) is 0 Å². The number of carbonyl (C=O) groups excluding carboxylic acids is 1. The Bertz CT molecular complexity index is 488. The molecule has 1 saturated carbocycles. The Labute approximate surface area is 123 Å². The van der Waals surface area contributed by atoms with Crippen LogP contribution in [0.5, 0.6) is 11.5 Å². The summed E-state index contributed by atoms with van der Waals surface area (Å²) in [6.07, 6.45) is 2.45. The Morgan fingerprint density at radius 3 is 2.75 bits per heavy atom. The molecule has 1 aromatic rings. The number of ether oxygens (including phenoxy) is 3. The van der Waals surface area contributed by atoms with Crippen molar-refractivity contribution in [3.8, 4) is 11.5 Å². The molecule has 2 rings (SSSR count). The van der Waals surface area contributed by atoms with Gasteiger partial charge >= 0.3 is 5.97 Å². The molecule has 0 heterocycles. The molecule has 0 atom stereocenters. The minimum Gasteiger partial charge on any atom is -0.493 e. The zero-order valence-electron chi connectivity index (χ0n) is 11.6. The van der Waals surface area contributed by atoms with Gasteiger partial charge in [-0.25, -0.2) is 4.79 Å². The van der Waals surface area contributed by atoms with E-state index in [1.165, 1.54) is 27.1 Å². The number of benzene rings is 1. The smallest absolute Gasteiger partial charge is 0.343 e. The molecule has 1 fully saturated rings. The Hall–Kier alpha value is -1.46. The summed E-state index contributed by atoms with van der Waals surface area (Å²) in [5.41, 5.74) is 1.02. The van der Waals surface area contributed by atoms with Gasteiger partial charge in [-0.05, 0) is 30.5 Å². The van der Waals surface area contributed by atoms with Gasteiger partial charge in [0.1, 0.15) is 0 Å². The van der Waals surface area contributed by atoms with E-state index in [-0.39, 0.29) is 6.61 Å². The van der Waals surface area contributed by atoms with E-state index in [1.807, 2.05) is 12.1 Å². The zero-order chi connectivity index (χ0) is 14.5. The fraction of sp³-hybridized carbons (Fsp3) is 0.500. The van der Waals surface area contributed by atoms with Crippen molar-refractivity contribution in [2.75, 3.05) is 20.8 Å². The Balaban J connectivity index is 2.07. The number of hydrogen-bond acceptors (Lipinski definition) is 5. The third kappa shape index (κ3) is 4.02. The van der Waals surface area contributed by atoms with Gasteiger partial charge in [0.05, 0.1) is 19.2 Å². The first-order chi connectivity index (χ1) is 9.63. The third-order valence-corrected chi connectivity index (χ3v) is 3.30. The van der Waals surface area contributed by atoms with E-state index in [1.54, 1.807) is 0 Å². The first kappa shape index (κ1) is 14.9. The lowest BCUT2D eigenvalue weighted by molar-refractivity contribution is -0.142. The van der Waals surface area contributed by atoms with Crippen LogP contribution in [0.2, 0.25) is 5.02 Å². The molecule has 20 heavy (non-hydrogen) atoms. The lowest BCUT2D eigenvalue weighted by Crippen LogP contribution is -2.16. The van der Waals surface area contributed by atoms with Crippen LogP contribution in [0.4, 0.5) is 0 Å². The first-order valence-corrected chi connectivity index (χ1v) is 6.81. The summed E-state index contributed by atoms with van der Waals surface area (Å²) in [5, 5.41) is 3.82. The van der Waals surface area contributed by atoms with Crippen LogP contribution in [0.3, 0.4) is 0 Å². The highest BCUT2D eigenvalue weighted by Gasteiger charge is 2.21. The Morgan fingerprint density at radius 1 is 1.40 bits per heavy atom. The lowest BCUT2D eigenvalue weighted by atomic mass is 10.2. The molecule has 0 radical (unpaired) electrons. The fourth-order valence-corrected chi connectivity index (χ4v) is 2.04. The van der Waals surface area contributed by atoms with Gasteiger partial charge in [-0.3, -0.25) is 0 Å². The molecular formula is C14H18ClNO4. The van der Waals surface area contributed by atoms with Crippen molar-refractivity contribution >= 4 is 17.6 Å². The topological polar surface area (TPSA) is 56.8 Å². The fourth-order valence-electron chi connectivity index (χ4n) is 1.76. The van der Waals surface area contributed by atoms with Gasteiger partial charge in [0.15, 0.2) is 18.1 Å². The predicted molar refractivity (Wildman–Crippen MR) is 75.4 cm³/mol.